The summed E-state index contributed by atoms with van der Waals surface area (Å²) in [6.45, 7) is 4.45. The molecule has 0 spiro atoms. The number of fused-ring (bicyclic) bond motifs is 1. The number of rotatable bonds is 9. The zero-order valence-electron chi connectivity index (χ0n) is 19.4. The van der Waals surface area contributed by atoms with Gasteiger partial charge in [0.15, 0.2) is 11.5 Å². The van der Waals surface area contributed by atoms with E-state index < -0.39 is 11.8 Å². The number of benzene rings is 3. The van der Waals surface area contributed by atoms with E-state index >= 15 is 0 Å². The van der Waals surface area contributed by atoms with E-state index in [0.29, 0.717) is 23.7 Å². The second-order valence-corrected chi connectivity index (χ2v) is 7.71. The molecule has 33 heavy (non-hydrogen) atoms. The number of hydrazine groups is 1. The molecule has 0 fully saturated rings. The van der Waals surface area contributed by atoms with Gasteiger partial charge in [0.2, 0.25) is 5.91 Å². The van der Waals surface area contributed by atoms with Crippen LogP contribution in [0.1, 0.15) is 48.5 Å². The van der Waals surface area contributed by atoms with Gasteiger partial charge in [0.05, 0.1) is 26.7 Å². The van der Waals surface area contributed by atoms with Gasteiger partial charge in [0.1, 0.15) is 5.75 Å². The number of hydrogen-bond donors (Lipinski definition) is 2. The lowest BCUT2D eigenvalue weighted by atomic mass is 9.97. The largest absolute Gasteiger partial charge is 0.497 e. The maximum Gasteiger partial charge on any atom is 0.269 e. The summed E-state index contributed by atoms with van der Waals surface area (Å²) in [5.41, 5.74) is 6.17. The highest BCUT2D eigenvalue weighted by molar-refractivity contribution is 5.96. The van der Waals surface area contributed by atoms with Gasteiger partial charge in [-0.1, -0.05) is 37.6 Å². The van der Waals surface area contributed by atoms with Crippen molar-refractivity contribution in [1.29, 1.82) is 0 Å². The highest BCUT2D eigenvalue weighted by Gasteiger charge is 2.17. The Morgan fingerprint density at radius 2 is 1.64 bits per heavy atom. The van der Waals surface area contributed by atoms with Gasteiger partial charge in [-0.25, -0.2) is 0 Å². The Hall–Kier alpha value is -3.74. The zero-order chi connectivity index (χ0) is 23.8. The molecule has 3 aromatic carbocycles. The van der Waals surface area contributed by atoms with Gasteiger partial charge in [-0.05, 0) is 60.0 Å². The van der Waals surface area contributed by atoms with E-state index in [1.807, 2.05) is 36.4 Å². The summed E-state index contributed by atoms with van der Waals surface area (Å²) in [6, 6.07) is 16.5. The summed E-state index contributed by atoms with van der Waals surface area (Å²) in [7, 11) is 3.15. The summed E-state index contributed by atoms with van der Waals surface area (Å²) in [5, 5.41) is 2.03. The normalized spacial score (nSPS) is 11.5. The van der Waals surface area contributed by atoms with E-state index in [9.17, 15) is 9.59 Å². The van der Waals surface area contributed by atoms with Crippen molar-refractivity contribution in [3.63, 3.8) is 0 Å². The molecule has 0 unspecified atom stereocenters. The Balaban J connectivity index is 1.62. The van der Waals surface area contributed by atoms with E-state index in [4.69, 9.17) is 14.2 Å². The maximum atomic E-state index is 12.6. The Morgan fingerprint density at radius 3 is 2.36 bits per heavy atom. The van der Waals surface area contributed by atoms with Crippen LogP contribution in [0.4, 0.5) is 0 Å². The number of carbonyl (C=O) groups excluding carboxylic acids is 2. The molecule has 2 amide bonds. The van der Waals surface area contributed by atoms with E-state index in [-0.39, 0.29) is 5.91 Å². The highest BCUT2D eigenvalue weighted by atomic mass is 16.5. The number of ether oxygens (including phenoxy) is 3. The molecular formula is C26H30N2O5. The van der Waals surface area contributed by atoms with Crippen molar-refractivity contribution >= 4 is 22.6 Å². The minimum absolute atomic E-state index is 0.317. The Morgan fingerprint density at radius 1 is 0.879 bits per heavy atom. The van der Waals surface area contributed by atoms with Crippen LogP contribution in [-0.2, 0) is 4.79 Å². The number of amides is 2. The second-order valence-electron chi connectivity index (χ2n) is 7.71. The third-order valence-corrected chi connectivity index (χ3v) is 5.45. The topological polar surface area (TPSA) is 85.9 Å². The smallest absolute Gasteiger partial charge is 0.269 e. The van der Waals surface area contributed by atoms with Crippen molar-refractivity contribution in [2.24, 2.45) is 0 Å². The van der Waals surface area contributed by atoms with Crippen LogP contribution >= 0.6 is 0 Å². The first-order valence-electron chi connectivity index (χ1n) is 11.0. The molecule has 3 aromatic rings. The van der Waals surface area contributed by atoms with Crippen LogP contribution in [0, 0.1) is 0 Å². The average molecular weight is 451 g/mol. The number of carbonyl (C=O) groups is 2. The van der Waals surface area contributed by atoms with Gasteiger partial charge in [-0.3, -0.25) is 20.4 Å². The quantitative estimate of drug-likeness (QED) is 0.368. The molecule has 0 bridgehead atoms. The lowest BCUT2D eigenvalue weighted by Crippen LogP contribution is -2.43. The molecule has 0 saturated heterocycles. The van der Waals surface area contributed by atoms with E-state index in [1.54, 1.807) is 32.2 Å². The molecule has 0 aliphatic heterocycles. The molecule has 7 heteroatoms. The Bertz CT molecular complexity index is 1130. The van der Waals surface area contributed by atoms with Crippen molar-refractivity contribution < 1.29 is 23.8 Å². The average Bonchev–Trinajstić information content (AvgIpc) is 2.86. The molecular weight excluding hydrogens is 420 g/mol. The van der Waals surface area contributed by atoms with Crippen LogP contribution in [0.15, 0.2) is 54.6 Å². The first-order valence-corrected chi connectivity index (χ1v) is 11.0. The maximum absolute atomic E-state index is 12.6. The molecule has 0 aliphatic rings. The summed E-state index contributed by atoms with van der Waals surface area (Å²) < 4.78 is 16.3. The van der Waals surface area contributed by atoms with Gasteiger partial charge >= 0.3 is 0 Å². The van der Waals surface area contributed by atoms with Crippen LogP contribution in [0.25, 0.3) is 10.8 Å². The van der Waals surface area contributed by atoms with Crippen LogP contribution < -0.4 is 25.1 Å². The van der Waals surface area contributed by atoms with E-state index in [1.165, 1.54) is 7.11 Å². The molecule has 3 rings (SSSR count). The van der Waals surface area contributed by atoms with Gasteiger partial charge < -0.3 is 14.2 Å². The summed E-state index contributed by atoms with van der Waals surface area (Å²) in [4.78, 5) is 25.2. The van der Waals surface area contributed by atoms with Gasteiger partial charge in [-0.15, -0.1) is 0 Å². The lowest BCUT2D eigenvalue weighted by Gasteiger charge is -2.15. The molecule has 0 aromatic heterocycles. The van der Waals surface area contributed by atoms with Crippen LogP contribution in [-0.4, -0.2) is 32.6 Å². The third kappa shape index (κ3) is 5.94. The number of nitrogens with one attached hydrogen (secondary N) is 2. The monoisotopic (exact) mass is 450 g/mol. The number of hydrogen-bond acceptors (Lipinski definition) is 5. The van der Waals surface area contributed by atoms with Crippen molar-refractivity contribution in [2.45, 2.75) is 32.6 Å². The molecule has 7 nitrogen and oxygen atoms in total. The predicted molar refractivity (Wildman–Crippen MR) is 128 cm³/mol. The predicted octanol–water partition coefficient (Wildman–Crippen LogP) is 4.60. The van der Waals surface area contributed by atoms with Crippen LogP contribution in [0.5, 0.6) is 17.2 Å². The highest BCUT2D eigenvalue weighted by Crippen LogP contribution is 2.28. The second kappa shape index (κ2) is 11.2. The summed E-state index contributed by atoms with van der Waals surface area (Å²) in [5.74, 6) is 0.601. The molecule has 0 heterocycles. The Labute approximate surface area is 194 Å². The van der Waals surface area contributed by atoms with Crippen LogP contribution in [0.2, 0.25) is 0 Å². The first-order chi connectivity index (χ1) is 16.0. The fourth-order valence-corrected chi connectivity index (χ4v) is 3.34. The van der Waals surface area contributed by atoms with E-state index in [2.05, 4.69) is 17.8 Å². The minimum Gasteiger partial charge on any atom is -0.497 e. The molecule has 0 radical (unpaired) electrons. The lowest BCUT2D eigenvalue weighted by molar-refractivity contribution is -0.123. The minimum atomic E-state index is -0.458. The van der Waals surface area contributed by atoms with Gasteiger partial charge in [0.25, 0.3) is 5.91 Å². The standard InChI is InChI=1S/C26H30N2O5/c1-5-6-13-33-23-12-10-21(16-24(23)32-4)26(30)28-27-25(29)17(2)18-7-8-20-15-22(31-3)11-9-19(20)14-18/h7-12,14-17H,5-6,13H2,1-4H3,(H,27,29)(H,28,30)/t17-/m0/s1. The molecule has 2 N–H and O–H groups in total. The van der Waals surface area contributed by atoms with E-state index in [0.717, 1.165) is 34.9 Å². The van der Waals surface area contributed by atoms with Crippen molar-refractivity contribution in [3.8, 4) is 17.2 Å². The fraction of sp³-hybridized carbons (Fsp3) is 0.308. The molecule has 1 atom stereocenters. The van der Waals surface area contributed by atoms with Crippen molar-refractivity contribution in [2.75, 3.05) is 20.8 Å². The Kier molecular flexibility index (Phi) is 8.13. The van der Waals surface area contributed by atoms with Gasteiger partial charge in [0, 0.05) is 5.56 Å². The summed E-state index contributed by atoms with van der Waals surface area (Å²) >= 11 is 0. The molecule has 0 saturated carbocycles. The molecule has 0 aliphatic carbocycles. The van der Waals surface area contributed by atoms with Crippen molar-refractivity contribution in [3.05, 3.63) is 65.7 Å². The van der Waals surface area contributed by atoms with Gasteiger partial charge in [-0.2, -0.15) is 0 Å². The molecule has 174 valence electrons. The fourth-order valence-electron chi connectivity index (χ4n) is 3.34. The summed E-state index contributed by atoms with van der Waals surface area (Å²) in [6.07, 6.45) is 1.95. The first kappa shape index (κ1) is 23.9. The van der Waals surface area contributed by atoms with Crippen LogP contribution in [0.3, 0.4) is 0 Å². The SMILES string of the molecule is CCCCOc1ccc(C(=O)NNC(=O)[C@@H](C)c2ccc3cc(OC)ccc3c2)cc1OC. The third-order valence-electron chi connectivity index (χ3n) is 5.45. The number of unbranched alkanes of at least 4 members (excludes halogenated alkanes) is 1. The number of methoxy groups -OCH3 is 2. The van der Waals surface area contributed by atoms with Crippen molar-refractivity contribution in [1.82, 2.24) is 10.9 Å². The zero-order valence-corrected chi connectivity index (χ0v) is 19.4.